The quantitative estimate of drug-likeness (QED) is 0.344. The second-order valence-electron chi connectivity index (χ2n) is 11.8. The van der Waals surface area contributed by atoms with E-state index < -0.39 is 16.6 Å². The molecule has 190 valence electrons. The van der Waals surface area contributed by atoms with Gasteiger partial charge in [0.15, 0.2) is 13.4 Å². The van der Waals surface area contributed by atoms with Crippen LogP contribution in [-0.4, -0.2) is 40.2 Å². The van der Waals surface area contributed by atoms with Crippen LogP contribution in [0.1, 0.15) is 58.8 Å². The van der Waals surface area contributed by atoms with Gasteiger partial charge in [-0.25, -0.2) is 4.98 Å². The predicted octanol–water partition coefficient (Wildman–Crippen LogP) is 7.57. The number of aromatic nitrogens is 1. The average Bonchev–Trinajstić information content (AvgIpc) is 3.17. The molecule has 6 nitrogen and oxygen atoms in total. The van der Waals surface area contributed by atoms with Crippen molar-refractivity contribution >= 4 is 39.0 Å². The summed E-state index contributed by atoms with van der Waals surface area (Å²) in [5.41, 5.74) is 0.471. The fourth-order valence-electron chi connectivity index (χ4n) is 2.54. The number of carbonyl (C=O) groups excluding carboxylic acids is 1. The van der Waals surface area contributed by atoms with E-state index in [9.17, 15) is 4.79 Å². The summed E-state index contributed by atoms with van der Waals surface area (Å²) in [7, 11) is -3.99. The van der Waals surface area contributed by atoms with Crippen LogP contribution < -0.4 is 14.5 Å². The molecule has 34 heavy (non-hydrogen) atoms. The van der Waals surface area contributed by atoms with Crippen molar-refractivity contribution in [3.63, 3.8) is 0 Å². The predicted molar refractivity (Wildman–Crippen MR) is 148 cm³/mol. The number of hydrogen-bond acceptors (Lipinski definition) is 6. The van der Waals surface area contributed by atoms with Crippen LogP contribution in [0.15, 0.2) is 29.8 Å². The minimum Gasteiger partial charge on any atom is -0.543 e. The molecule has 0 bridgehead atoms. The summed E-state index contributed by atoms with van der Waals surface area (Å²) in [6.45, 7) is 24.6. The van der Waals surface area contributed by atoms with Gasteiger partial charge in [0.25, 0.3) is 5.91 Å². The number of ether oxygens (including phenoxy) is 1. The van der Waals surface area contributed by atoms with E-state index in [4.69, 9.17) is 13.6 Å². The van der Waals surface area contributed by atoms with Crippen molar-refractivity contribution in [2.24, 2.45) is 0 Å². The summed E-state index contributed by atoms with van der Waals surface area (Å²) in [5, 5.41) is 5.38. The number of benzene rings is 1. The van der Waals surface area contributed by atoms with Gasteiger partial charge >= 0.3 is 0 Å². The van der Waals surface area contributed by atoms with Crippen molar-refractivity contribution in [2.45, 2.75) is 90.8 Å². The number of nitrogens with zero attached hydrogens (tertiary/aromatic N) is 1. The van der Waals surface area contributed by atoms with Gasteiger partial charge in [-0.05, 0) is 55.3 Å². The fourth-order valence-corrected chi connectivity index (χ4v) is 5.16. The minimum absolute atomic E-state index is 0.0253. The molecule has 0 aliphatic carbocycles. The Bertz CT molecular complexity index is 964. The Balaban J connectivity index is 2.27. The maximum atomic E-state index is 13.0. The topological polar surface area (TPSA) is 69.7 Å². The Morgan fingerprint density at radius 2 is 1.59 bits per heavy atom. The third kappa shape index (κ3) is 7.66. The van der Waals surface area contributed by atoms with Crippen LogP contribution in [-0.2, 0) is 4.43 Å². The summed E-state index contributed by atoms with van der Waals surface area (Å²) in [6, 6.07) is 5.42. The van der Waals surface area contributed by atoms with E-state index in [2.05, 4.69) is 78.0 Å². The lowest BCUT2D eigenvalue weighted by atomic mass is 10.2. The highest BCUT2D eigenvalue weighted by Gasteiger charge is 2.39. The molecule has 0 aliphatic rings. The molecule has 0 aliphatic heterocycles. The number of amides is 1. The molecule has 0 saturated carbocycles. The number of hydrogen-bond donors (Lipinski definition) is 1. The third-order valence-electron chi connectivity index (χ3n) is 6.80. The van der Waals surface area contributed by atoms with Crippen molar-refractivity contribution in [2.75, 3.05) is 11.9 Å². The smallest absolute Gasteiger partial charge is 0.257 e. The molecule has 0 unspecified atom stereocenters. The zero-order chi connectivity index (χ0) is 25.9. The van der Waals surface area contributed by atoms with Gasteiger partial charge in [0.2, 0.25) is 8.32 Å². The first-order valence-corrected chi connectivity index (χ1v) is 18.5. The molecule has 1 aromatic heterocycles. The Labute approximate surface area is 211 Å². The van der Waals surface area contributed by atoms with Gasteiger partial charge in [-0.1, -0.05) is 41.5 Å². The Morgan fingerprint density at radius 1 is 1.00 bits per heavy atom. The van der Waals surface area contributed by atoms with Crippen LogP contribution in [0.25, 0.3) is 0 Å². The number of nitrogens with one attached hydrogen (secondary N) is 1. The second-order valence-corrected chi connectivity index (χ2v) is 22.3. The van der Waals surface area contributed by atoms with E-state index in [0.717, 1.165) is 0 Å². The number of carbonyl (C=O) groups is 1. The molecule has 1 N–H and O–H groups in total. The summed E-state index contributed by atoms with van der Waals surface area (Å²) in [4.78, 5) is 17.1. The van der Waals surface area contributed by atoms with Crippen LogP contribution in [0.4, 0.5) is 5.13 Å². The van der Waals surface area contributed by atoms with Crippen LogP contribution in [0, 0.1) is 0 Å². The zero-order valence-corrected chi connectivity index (χ0v) is 25.5. The van der Waals surface area contributed by atoms with Crippen molar-refractivity contribution in [1.29, 1.82) is 0 Å². The summed E-state index contributed by atoms with van der Waals surface area (Å²) >= 11 is 1.38. The largest absolute Gasteiger partial charge is 0.543 e. The second kappa shape index (κ2) is 10.5. The number of anilines is 1. The van der Waals surface area contributed by atoms with E-state index in [-0.39, 0.29) is 22.1 Å². The van der Waals surface area contributed by atoms with Crippen LogP contribution in [0.3, 0.4) is 0 Å². The van der Waals surface area contributed by atoms with Gasteiger partial charge in [0.1, 0.15) is 17.6 Å². The third-order valence-corrected chi connectivity index (χ3v) is 16.3. The molecule has 9 heteroatoms. The molecule has 0 spiro atoms. The lowest BCUT2D eigenvalue weighted by Gasteiger charge is -2.37. The molecule has 0 fully saturated rings. The maximum absolute atomic E-state index is 13.0. The van der Waals surface area contributed by atoms with Gasteiger partial charge < -0.3 is 13.6 Å². The molecule has 0 saturated heterocycles. The van der Waals surface area contributed by atoms with Crippen LogP contribution in [0.5, 0.6) is 11.5 Å². The van der Waals surface area contributed by atoms with Gasteiger partial charge in [-0.3, -0.25) is 10.1 Å². The highest BCUT2D eigenvalue weighted by molar-refractivity contribution is 7.13. The molecule has 0 radical (unpaired) electrons. The standard InChI is InChI=1S/C25H42N2O4SSi2/c1-18(17-29-33(8,9)24(2,3)4)30-20-14-19(22(28)27-23-26-12-13-32-23)15-21(16-20)31-34(10,11)25(5,6)7/h12-16,18H,17H2,1-11H3,(H,26,27,28)/t18-/m0/s1. The molecule has 2 rings (SSSR count). The Hall–Kier alpha value is -1.69. The van der Waals surface area contributed by atoms with Crippen LogP contribution >= 0.6 is 11.3 Å². The van der Waals surface area contributed by atoms with Crippen molar-refractivity contribution in [1.82, 2.24) is 4.98 Å². The van der Waals surface area contributed by atoms with Gasteiger partial charge in [-0.2, -0.15) is 0 Å². The van der Waals surface area contributed by atoms with E-state index in [1.165, 1.54) is 11.3 Å². The molecule has 1 aromatic carbocycles. The average molecular weight is 523 g/mol. The number of thiazole rings is 1. The first-order valence-electron chi connectivity index (χ1n) is 11.8. The van der Waals surface area contributed by atoms with E-state index in [1.807, 2.05) is 18.4 Å². The SMILES string of the molecule is C[C@@H](CO[Si](C)(C)C(C)(C)C)Oc1cc(O[Si](C)(C)C(C)(C)C)cc(C(=O)Nc2nccs2)c1. The van der Waals surface area contributed by atoms with E-state index in [1.54, 1.807) is 18.3 Å². The Morgan fingerprint density at radius 3 is 2.12 bits per heavy atom. The molecule has 2 aromatic rings. The molecule has 1 heterocycles. The number of rotatable bonds is 9. The van der Waals surface area contributed by atoms with Crippen molar-refractivity contribution in [3.05, 3.63) is 35.3 Å². The summed E-state index contributed by atoms with van der Waals surface area (Å²) in [6.07, 6.45) is 1.49. The lowest BCUT2D eigenvalue weighted by molar-refractivity contribution is 0.102. The highest BCUT2D eigenvalue weighted by atomic mass is 32.1. The normalized spacial score (nSPS) is 14.0. The maximum Gasteiger partial charge on any atom is 0.257 e. The molecule has 1 amide bonds. The summed E-state index contributed by atoms with van der Waals surface area (Å²) < 4.78 is 19.1. The molecular weight excluding hydrogens is 481 g/mol. The fraction of sp³-hybridized carbons (Fsp3) is 0.600. The Kier molecular flexibility index (Phi) is 8.83. The molecule has 1 atom stereocenters. The van der Waals surface area contributed by atoms with E-state index >= 15 is 0 Å². The lowest BCUT2D eigenvalue weighted by Crippen LogP contribution is -2.44. The van der Waals surface area contributed by atoms with Gasteiger partial charge in [-0.15, -0.1) is 11.3 Å². The van der Waals surface area contributed by atoms with Crippen molar-refractivity contribution < 1.29 is 18.4 Å². The van der Waals surface area contributed by atoms with Crippen molar-refractivity contribution in [3.8, 4) is 11.5 Å². The molecular formula is C25H42N2O4SSi2. The first kappa shape index (κ1) is 28.6. The zero-order valence-electron chi connectivity index (χ0n) is 22.7. The monoisotopic (exact) mass is 522 g/mol. The minimum atomic E-state index is -2.11. The van der Waals surface area contributed by atoms with Gasteiger partial charge in [0.05, 0.1) is 6.61 Å². The van der Waals surface area contributed by atoms with Gasteiger partial charge in [0, 0.05) is 23.2 Å². The first-order chi connectivity index (χ1) is 15.4. The summed E-state index contributed by atoms with van der Waals surface area (Å²) in [5.74, 6) is 0.989. The van der Waals surface area contributed by atoms with E-state index in [0.29, 0.717) is 28.8 Å². The van der Waals surface area contributed by atoms with Crippen LogP contribution in [0.2, 0.25) is 36.3 Å². The highest BCUT2D eigenvalue weighted by Crippen LogP contribution is 2.39.